The molecule has 0 radical (unpaired) electrons. The second-order valence-corrected chi connectivity index (χ2v) is 7.37. The number of H-pyrrole nitrogens is 1. The fourth-order valence-electron chi connectivity index (χ4n) is 3.95. The van der Waals surface area contributed by atoms with E-state index in [9.17, 15) is 14.9 Å². The fraction of sp³-hybridized carbons (Fsp3) is 0.400. The van der Waals surface area contributed by atoms with E-state index >= 15 is 0 Å². The van der Waals surface area contributed by atoms with Gasteiger partial charge in [0.2, 0.25) is 0 Å². The van der Waals surface area contributed by atoms with Crippen molar-refractivity contribution in [2.75, 3.05) is 13.7 Å². The van der Waals surface area contributed by atoms with Crippen molar-refractivity contribution >= 4 is 11.9 Å². The molecule has 4 rings (SSSR count). The highest BCUT2D eigenvalue weighted by Gasteiger charge is 2.54. The average molecular weight is 364 g/mol. The summed E-state index contributed by atoms with van der Waals surface area (Å²) in [7, 11) is 1.35. The number of hydrogen-bond acceptors (Lipinski definition) is 5. The van der Waals surface area contributed by atoms with Crippen LogP contribution in [-0.4, -0.2) is 46.7 Å². The Morgan fingerprint density at radius 1 is 1.37 bits per heavy atom. The van der Waals surface area contributed by atoms with Crippen LogP contribution in [0.2, 0.25) is 0 Å². The van der Waals surface area contributed by atoms with Gasteiger partial charge in [0, 0.05) is 18.2 Å². The van der Waals surface area contributed by atoms with Crippen LogP contribution in [-0.2, 0) is 9.53 Å². The summed E-state index contributed by atoms with van der Waals surface area (Å²) in [5, 5.41) is 16.6. The molecule has 7 heteroatoms. The molecule has 1 aromatic carbocycles. The molecule has 1 amide bonds. The van der Waals surface area contributed by atoms with Crippen molar-refractivity contribution in [3.8, 4) is 17.3 Å². The Morgan fingerprint density at radius 3 is 2.74 bits per heavy atom. The number of amides is 1. The summed E-state index contributed by atoms with van der Waals surface area (Å²) in [5.74, 6) is -0.607. The highest BCUT2D eigenvalue weighted by atomic mass is 16.5. The second-order valence-electron chi connectivity index (χ2n) is 7.37. The first-order chi connectivity index (χ1) is 13.1. The van der Waals surface area contributed by atoms with Gasteiger partial charge in [0.05, 0.1) is 13.5 Å². The van der Waals surface area contributed by atoms with Crippen molar-refractivity contribution < 1.29 is 14.3 Å². The molecule has 1 atom stereocenters. The number of benzene rings is 1. The third-order valence-electron chi connectivity index (χ3n) is 5.60. The lowest BCUT2D eigenvalue weighted by molar-refractivity contribution is -0.141. The Labute approximate surface area is 156 Å². The van der Waals surface area contributed by atoms with Gasteiger partial charge in [0.15, 0.2) is 0 Å². The van der Waals surface area contributed by atoms with E-state index < -0.39 is 0 Å². The minimum atomic E-state index is -0.328. The molecule has 1 aromatic heterocycles. The number of nitrogens with one attached hydrogen (secondary N) is 1. The topological polar surface area (TPSA) is 99.1 Å². The third-order valence-corrected chi connectivity index (χ3v) is 5.60. The highest BCUT2D eigenvalue weighted by Crippen LogP contribution is 2.55. The Hall–Kier alpha value is -3.14. The number of nitriles is 1. The molecule has 1 saturated carbocycles. The largest absolute Gasteiger partial charge is 0.469 e. The minimum Gasteiger partial charge on any atom is -0.469 e. The third kappa shape index (κ3) is 3.08. The number of methoxy groups -OCH3 is 1. The lowest BCUT2D eigenvalue weighted by atomic mass is 10.0. The predicted molar refractivity (Wildman–Crippen MR) is 96.5 cm³/mol. The molecule has 2 fully saturated rings. The molecule has 1 N–H and O–H groups in total. The van der Waals surface area contributed by atoms with Gasteiger partial charge in [0.1, 0.15) is 23.0 Å². The summed E-state index contributed by atoms with van der Waals surface area (Å²) in [6.07, 6.45) is 3.11. The summed E-state index contributed by atoms with van der Waals surface area (Å²) in [5.41, 5.74) is 1.79. The molecular weight excluding hydrogens is 344 g/mol. The smallest absolute Gasteiger partial charge is 0.307 e. The van der Waals surface area contributed by atoms with Crippen molar-refractivity contribution in [3.63, 3.8) is 0 Å². The Bertz CT molecular complexity index is 924. The van der Waals surface area contributed by atoms with Crippen molar-refractivity contribution in [2.24, 2.45) is 5.41 Å². The van der Waals surface area contributed by atoms with E-state index in [1.54, 1.807) is 4.90 Å². The van der Waals surface area contributed by atoms with E-state index in [0.29, 0.717) is 12.2 Å². The number of carbonyl (C=O) groups excluding carboxylic acids is 2. The van der Waals surface area contributed by atoms with Gasteiger partial charge in [0.25, 0.3) is 5.91 Å². The summed E-state index contributed by atoms with van der Waals surface area (Å²) in [4.78, 5) is 26.7. The van der Waals surface area contributed by atoms with Gasteiger partial charge in [-0.2, -0.15) is 10.4 Å². The maximum atomic E-state index is 13.2. The van der Waals surface area contributed by atoms with E-state index in [-0.39, 0.29) is 41.0 Å². The van der Waals surface area contributed by atoms with Crippen LogP contribution in [0, 0.1) is 16.7 Å². The lowest BCUT2D eigenvalue weighted by Gasteiger charge is -2.23. The van der Waals surface area contributed by atoms with Crippen molar-refractivity contribution in [1.29, 1.82) is 5.26 Å². The molecule has 1 aliphatic carbocycles. The summed E-state index contributed by atoms with van der Waals surface area (Å²) < 4.78 is 4.79. The number of carbonyl (C=O) groups is 2. The molecule has 1 spiro atoms. The first-order valence-corrected chi connectivity index (χ1v) is 8.98. The molecule has 7 nitrogen and oxygen atoms in total. The first kappa shape index (κ1) is 17.3. The zero-order valence-corrected chi connectivity index (χ0v) is 15.1. The first-order valence-electron chi connectivity index (χ1n) is 8.98. The van der Waals surface area contributed by atoms with E-state index in [0.717, 1.165) is 24.8 Å². The number of aromatic nitrogens is 2. The fourth-order valence-corrected chi connectivity index (χ4v) is 3.95. The van der Waals surface area contributed by atoms with Crippen LogP contribution < -0.4 is 0 Å². The highest BCUT2D eigenvalue weighted by molar-refractivity contribution is 5.97. The SMILES string of the molecule is COC(=O)C[C@@H]1CC2(CC2)CN1C(=O)c1[nH]nc(-c2ccccc2)c1C#N. The predicted octanol–water partition coefficient (Wildman–Crippen LogP) is 2.51. The molecule has 1 saturated heterocycles. The van der Waals surface area contributed by atoms with Gasteiger partial charge in [-0.3, -0.25) is 14.7 Å². The molecule has 2 heterocycles. The Kier molecular flexibility index (Phi) is 4.19. The molecular formula is C20H20N4O3. The summed E-state index contributed by atoms with van der Waals surface area (Å²) in [6, 6.07) is 11.2. The van der Waals surface area contributed by atoms with Crippen LogP contribution in [0.15, 0.2) is 30.3 Å². The van der Waals surface area contributed by atoms with Gasteiger partial charge in [-0.25, -0.2) is 0 Å². The second kappa shape index (κ2) is 6.54. The number of esters is 1. The number of ether oxygens (including phenoxy) is 1. The van der Waals surface area contributed by atoms with Gasteiger partial charge < -0.3 is 9.64 Å². The van der Waals surface area contributed by atoms with Crippen molar-refractivity contribution in [2.45, 2.75) is 31.7 Å². The molecule has 0 unspecified atom stereocenters. The van der Waals surface area contributed by atoms with Crippen molar-refractivity contribution in [3.05, 3.63) is 41.6 Å². The Balaban J connectivity index is 1.65. The molecule has 2 aromatic rings. The van der Waals surface area contributed by atoms with Crippen molar-refractivity contribution in [1.82, 2.24) is 15.1 Å². The number of nitrogens with zero attached hydrogens (tertiary/aromatic N) is 3. The van der Waals surface area contributed by atoms with Crippen LogP contribution in [0.25, 0.3) is 11.3 Å². The average Bonchev–Trinajstić information content (AvgIpc) is 3.15. The Morgan fingerprint density at radius 2 is 2.11 bits per heavy atom. The monoisotopic (exact) mass is 364 g/mol. The zero-order valence-electron chi connectivity index (χ0n) is 15.1. The van der Waals surface area contributed by atoms with Crippen LogP contribution >= 0.6 is 0 Å². The molecule has 0 bridgehead atoms. The number of rotatable bonds is 4. The van der Waals surface area contributed by atoms with Crippen LogP contribution in [0.4, 0.5) is 0 Å². The molecule has 2 aliphatic rings. The molecule has 1 aliphatic heterocycles. The van der Waals surface area contributed by atoms with E-state index in [1.807, 2.05) is 30.3 Å². The minimum absolute atomic E-state index is 0.128. The van der Waals surface area contributed by atoms with Gasteiger partial charge in [-0.15, -0.1) is 0 Å². The number of aromatic amines is 1. The van der Waals surface area contributed by atoms with Crippen LogP contribution in [0.1, 0.15) is 41.7 Å². The van der Waals surface area contributed by atoms with E-state index in [4.69, 9.17) is 4.74 Å². The summed E-state index contributed by atoms with van der Waals surface area (Å²) in [6.45, 7) is 0.609. The lowest BCUT2D eigenvalue weighted by Crippen LogP contribution is -2.37. The maximum absolute atomic E-state index is 13.2. The number of hydrogen-bond donors (Lipinski definition) is 1. The number of likely N-dealkylation sites (tertiary alicyclic amines) is 1. The molecule has 138 valence electrons. The molecule has 27 heavy (non-hydrogen) atoms. The standard InChI is InChI=1S/C20H20N4O3/c1-27-16(25)9-14-10-20(7-8-20)12-24(14)19(26)18-15(11-21)17(22-23-18)13-5-3-2-4-6-13/h2-6,14H,7-10,12H2,1H3,(H,22,23)/t14-/m1/s1. The van der Waals surface area contributed by atoms with E-state index in [1.165, 1.54) is 7.11 Å². The summed E-state index contributed by atoms with van der Waals surface area (Å²) >= 11 is 0. The van der Waals surface area contributed by atoms with Crippen LogP contribution in [0.5, 0.6) is 0 Å². The van der Waals surface area contributed by atoms with Gasteiger partial charge >= 0.3 is 5.97 Å². The quantitative estimate of drug-likeness (QED) is 0.841. The van der Waals surface area contributed by atoms with Gasteiger partial charge in [-0.05, 0) is 24.7 Å². The van der Waals surface area contributed by atoms with Crippen LogP contribution in [0.3, 0.4) is 0 Å². The van der Waals surface area contributed by atoms with Gasteiger partial charge in [-0.1, -0.05) is 30.3 Å². The zero-order chi connectivity index (χ0) is 19.0. The normalized spacial score (nSPS) is 19.7. The maximum Gasteiger partial charge on any atom is 0.307 e. The van der Waals surface area contributed by atoms with E-state index in [2.05, 4.69) is 16.3 Å².